The molecule has 0 radical (unpaired) electrons. The molecule has 0 saturated carbocycles. The van der Waals surface area contributed by atoms with E-state index < -0.39 is 0 Å². The van der Waals surface area contributed by atoms with E-state index in [-0.39, 0.29) is 0 Å². The molecule has 7 heteroatoms. The van der Waals surface area contributed by atoms with Gasteiger partial charge in [-0.1, -0.05) is 6.92 Å². The van der Waals surface area contributed by atoms with Crippen molar-refractivity contribution in [1.82, 2.24) is 25.4 Å². The van der Waals surface area contributed by atoms with Crippen molar-refractivity contribution in [2.24, 2.45) is 12.0 Å². The zero-order valence-corrected chi connectivity index (χ0v) is 14.3. The van der Waals surface area contributed by atoms with Crippen LogP contribution >= 0.6 is 11.3 Å². The number of hydrogen-bond donors (Lipinski definition) is 2. The first-order valence-corrected chi connectivity index (χ1v) is 8.47. The molecule has 0 spiro atoms. The van der Waals surface area contributed by atoms with Crippen molar-refractivity contribution in [3.05, 3.63) is 34.0 Å². The van der Waals surface area contributed by atoms with Crippen molar-refractivity contribution in [1.29, 1.82) is 0 Å². The van der Waals surface area contributed by atoms with Crippen LogP contribution in [-0.2, 0) is 26.4 Å². The zero-order valence-electron chi connectivity index (χ0n) is 13.5. The average Bonchev–Trinajstić information content (AvgIpc) is 3.13. The van der Waals surface area contributed by atoms with Crippen molar-refractivity contribution >= 4 is 17.3 Å². The zero-order chi connectivity index (χ0) is 15.8. The molecule has 0 aromatic carbocycles. The van der Waals surface area contributed by atoms with Gasteiger partial charge < -0.3 is 10.6 Å². The van der Waals surface area contributed by atoms with Crippen LogP contribution in [0.5, 0.6) is 0 Å². The number of guanidine groups is 1. The number of thiazole rings is 1. The lowest BCUT2D eigenvalue weighted by Crippen LogP contribution is -2.38. The van der Waals surface area contributed by atoms with Crippen molar-refractivity contribution < 1.29 is 0 Å². The van der Waals surface area contributed by atoms with E-state index in [9.17, 15) is 0 Å². The fourth-order valence-corrected chi connectivity index (χ4v) is 2.84. The van der Waals surface area contributed by atoms with Gasteiger partial charge >= 0.3 is 0 Å². The largest absolute Gasteiger partial charge is 0.357 e. The van der Waals surface area contributed by atoms with E-state index in [0.717, 1.165) is 37.6 Å². The van der Waals surface area contributed by atoms with Crippen LogP contribution < -0.4 is 10.6 Å². The molecule has 2 rings (SSSR count). The highest BCUT2D eigenvalue weighted by molar-refractivity contribution is 7.11. The molecule has 0 bridgehead atoms. The Morgan fingerprint density at radius 1 is 1.36 bits per heavy atom. The molecule has 0 aliphatic carbocycles. The molecular weight excluding hydrogens is 296 g/mol. The van der Waals surface area contributed by atoms with Gasteiger partial charge in [0.05, 0.1) is 17.2 Å². The molecule has 0 fully saturated rings. The normalized spacial score (nSPS) is 11.7. The maximum atomic E-state index is 4.59. The number of aromatic nitrogens is 3. The van der Waals surface area contributed by atoms with E-state index in [2.05, 4.69) is 39.6 Å². The SMILES string of the molecule is CCNC(=NCc1ccnn1C)NCCc1ncc(CC)s1. The van der Waals surface area contributed by atoms with Gasteiger partial charge in [0.25, 0.3) is 0 Å². The third kappa shape index (κ3) is 4.84. The molecule has 0 aliphatic heterocycles. The Labute approximate surface area is 135 Å². The van der Waals surface area contributed by atoms with E-state index in [1.807, 2.05) is 24.0 Å². The molecule has 0 atom stereocenters. The highest BCUT2D eigenvalue weighted by atomic mass is 32.1. The first kappa shape index (κ1) is 16.5. The summed E-state index contributed by atoms with van der Waals surface area (Å²) in [7, 11) is 1.93. The number of aliphatic imine (C=N–C) groups is 1. The molecule has 0 saturated heterocycles. The summed E-state index contributed by atoms with van der Waals surface area (Å²) in [6, 6.07) is 1.98. The van der Waals surface area contributed by atoms with E-state index in [1.165, 1.54) is 9.88 Å². The van der Waals surface area contributed by atoms with Gasteiger partial charge in [-0.05, 0) is 19.4 Å². The third-order valence-corrected chi connectivity index (χ3v) is 4.45. The van der Waals surface area contributed by atoms with E-state index in [0.29, 0.717) is 6.54 Å². The van der Waals surface area contributed by atoms with Crippen molar-refractivity contribution in [3.8, 4) is 0 Å². The van der Waals surface area contributed by atoms with Crippen LogP contribution in [0.25, 0.3) is 0 Å². The van der Waals surface area contributed by atoms with Crippen LogP contribution in [0.1, 0.15) is 29.4 Å². The van der Waals surface area contributed by atoms with Gasteiger partial charge in [0, 0.05) is 43.8 Å². The Morgan fingerprint density at radius 3 is 2.86 bits per heavy atom. The summed E-state index contributed by atoms with van der Waals surface area (Å²) in [6.45, 7) is 6.50. The summed E-state index contributed by atoms with van der Waals surface area (Å²) in [5.74, 6) is 0.830. The molecule has 6 nitrogen and oxygen atoms in total. The van der Waals surface area contributed by atoms with Crippen molar-refractivity contribution in [2.75, 3.05) is 13.1 Å². The van der Waals surface area contributed by atoms with Crippen LogP contribution in [-0.4, -0.2) is 33.8 Å². The van der Waals surface area contributed by atoms with Crippen molar-refractivity contribution in [2.45, 2.75) is 33.2 Å². The predicted octanol–water partition coefficient (Wildman–Crippen LogP) is 1.74. The predicted molar refractivity (Wildman–Crippen MR) is 91.2 cm³/mol. The number of rotatable bonds is 7. The molecule has 2 N–H and O–H groups in total. The molecule has 0 aliphatic rings. The van der Waals surface area contributed by atoms with Gasteiger partial charge in [-0.25, -0.2) is 9.98 Å². The summed E-state index contributed by atoms with van der Waals surface area (Å²) in [6.07, 6.45) is 5.74. The number of aryl methyl sites for hydroxylation is 2. The summed E-state index contributed by atoms with van der Waals surface area (Å²) < 4.78 is 1.84. The maximum absolute atomic E-state index is 4.59. The Kier molecular flexibility index (Phi) is 6.39. The van der Waals surface area contributed by atoms with Crippen LogP contribution in [0.15, 0.2) is 23.5 Å². The topological polar surface area (TPSA) is 67.1 Å². The van der Waals surface area contributed by atoms with Crippen LogP contribution in [0.4, 0.5) is 0 Å². The lowest BCUT2D eigenvalue weighted by molar-refractivity contribution is 0.707. The minimum absolute atomic E-state index is 0.614. The first-order valence-electron chi connectivity index (χ1n) is 7.65. The minimum atomic E-state index is 0.614. The molecule has 2 aromatic heterocycles. The smallest absolute Gasteiger partial charge is 0.191 e. The van der Waals surface area contributed by atoms with E-state index >= 15 is 0 Å². The molecule has 0 amide bonds. The summed E-state index contributed by atoms with van der Waals surface area (Å²) in [4.78, 5) is 10.4. The van der Waals surface area contributed by atoms with Crippen LogP contribution in [0.3, 0.4) is 0 Å². The Hall–Kier alpha value is -1.89. The maximum Gasteiger partial charge on any atom is 0.191 e. The molecule has 120 valence electrons. The summed E-state index contributed by atoms with van der Waals surface area (Å²) >= 11 is 1.79. The van der Waals surface area contributed by atoms with Gasteiger partial charge in [0.15, 0.2) is 5.96 Å². The van der Waals surface area contributed by atoms with E-state index in [4.69, 9.17) is 0 Å². The molecule has 2 heterocycles. The fourth-order valence-electron chi connectivity index (χ4n) is 1.97. The van der Waals surface area contributed by atoms with Crippen LogP contribution in [0.2, 0.25) is 0 Å². The van der Waals surface area contributed by atoms with Gasteiger partial charge in [-0.3, -0.25) is 4.68 Å². The monoisotopic (exact) mass is 320 g/mol. The van der Waals surface area contributed by atoms with Crippen molar-refractivity contribution in [3.63, 3.8) is 0 Å². The van der Waals surface area contributed by atoms with Gasteiger partial charge in [-0.2, -0.15) is 5.10 Å². The second-order valence-corrected chi connectivity index (χ2v) is 6.09. The standard InChI is InChI=1S/C15H24N6S/c1-4-13-11-18-14(22-13)7-8-17-15(16-5-2)19-10-12-6-9-20-21(12)3/h6,9,11H,4-5,7-8,10H2,1-3H3,(H2,16,17,19). The summed E-state index contributed by atoms with van der Waals surface area (Å²) in [5, 5.41) is 11.9. The third-order valence-electron chi connectivity index (χ3n) is 3.25. The highest BCUT2D eigenvalue weighted by Crippen LogP contribution is 2.13. The molecule has 0 unspecified atom stereocenters. The second kappa shape index (κ2) is 8.53. The van der Waals surface area contributed by atoms with Gasteiger partial charge in [-0.15, -0.1) is 11.3 Å². The fraction of sp³-hybridized carbons (Fsp3) is 0.533. The molecule has 2 aromatic rings. The number of hydrogen-bond acceptors (Lipinski definition) is 4. The lowest BCUT2D eigenvalue weighted by Gasteiger charge is -2.10. The summed E-state index contributed by atoms with van der Waals surface area (Å²) in [5.41, 5.74) is 1.09. The molecular formula is C15H24N6S. The molecule has 22 heavy (non-hydrogen) atoms. The van der Waals surface area contributed by atoms with Gasteiger partial charge in [0.2, 0.25) is 0 Å². The van der Waals surface area contributed by atoms with Gasteiger partial charge in [0.1, 0.15) is 0 Å². The van der Waals surface area contributed by atoms with E-state index in [1.54, 1.807) is 17.5 Å². The highest BCUT2D eigenvalue weighted by Gasteiger charge is 2.03. The second-order valence-electron chi connectivity index (χ2n) is 4.89. The lowest BCUT2D eigenvalue weighted by atomic mass is 10.4. The Bertz CT molecular complexity index is 601. The number of nitrogens with one attached hydrogen (secondary N) is 2. The Morgan fingerprint density at radius 2 is 2.23 bits per heavy atom. The Balaban J connectivity index is 1.84. The average molecular weight is 320 g/mol. The first-order chi connectivity index (χ1) is 10.7. The van der Waals surface area contributed by atoms with Crippen LogP contribution in [0, 0.1) is 0 Å². The number of nitrogens with zero attached hydrogens (tertiary/aromatic N) is 4. The quantitative estimate of drug-likeness (QED) is 0.602. The minimum Gasteiger partial charge on any atom is -0.357 e.